The van der Waals surface area contributed by atoms with Crippen molar-refractivity contribution >= 4 is 17.9 Å². The summed E-state index contributed by atoms with van der Waals surface area (Å²) in [5.74, 6) is -1.74. The highest BCUT2D eigenvalue weighted by Crippen LogP contribution is 2.42. The number of aromatic nitrogens is 2. The van der Waals surface area contributed by atoms with Crippen LogP contribution >= 0.6 is 0 Å². The van der Waals surface area contributed by atoms with Crippen LogP contribution in [-0.2, 0) is 28.5 Å². The molecule has 12 heteroatoms. The van der Waals surface area contributed by atoms with Gasteiger partial charge in [0.15, 0.2) is 12.0 Å². The SMILES string of the molecule is CC(C)[C@H](NC(=O)OC(C)(C)C)C(=O)OC[C@H]1O[C@@H](n2ccc(N)nc2=O)[C@@H]2OC(C)(C)O[C@@H]21. The Hall–Kier alpha value is -2.70. The predicted molar refractivity (Wildman–Crippen MR) is 120 cm³/mol. The van der Waals surface area contributed by atoms with Crippen molar-refractivity contribution in [1.29, 1.82) is 0 Å². The molecular weight excluding hydrogens is 448 g/mol. The molecule has 1 amide bonds. The van der Waals surface area contributed by atoms with E-state index >= 15 is 0 Å². The Labute approximate surface area is 198 Å². The maximum atomic E-state index is 12.8. The molecule has 190 valence electrons. The highest BCUT2D eigenvalue weighted by molar-refractivity contribution is 5.81. The number of carbonyl (C=O) groups is 2. The van der Waals surface area contributed by atoms with Crippen molar-refractivity contribution in [2.75, 3.05) is 12.3 Å². The van der Waals surface area contributed by atoms with Crippen LogP contribution in [0.15, 0.2) is 17.1 Å². The lowest BCUT2D eigenvalue weighted by Gasteiger charge is -2.26. The molecule has 0 unspecified atom stereocenters. The third-order valence-corrected chi connectivity index (χ3v) is 5.23. The molecule has 12 nitrogen and oxygen atoms in total. The number of anilines is 1. The summed E-state index contributed by atoms with van der Waals surface area (Å²) < 4.78 is 30.0. The van der Waals surface area contributed by atoms with Crippen LogP contribution in [0, 0.1) is 5.92 Å². The Bertz CT molecular complexity index is 970. The minimum absolute atomic E-state index is 0.0856. The quantitative estimate of drug-likeness (QED) is 0.568. The Balaban J connectivity index is 1.70. The maximum Gasteiger partial charge on any atom is 0.408 e. The van der Waals surface area contributed by atoms with Crippen LogP contribution < -0.4 is 16.7 Å². The average Bonchev–Trinajstić information content (AvgIpc) is 3.16. The monoisotopic (exact) mass is 482 g/mol. The number of nitrogens with zero attached hydrogens (tertiary/aromatic N) is 2. The Kier molecular flexibility index (Phi) is 7.25. The number of nitrogens with one attached hydrogen (secondary N) is 1. The molecule has 0 aromatic carbocycles. The van der Waals surface area contributed by atoms with E-state index in [0.29, 0.717) is 0 Å². The molecule has 2 saturated heterocycles. The largest absolute Gasteiger partial charge is 0.461 e. The number of hydrogen-bond donors (Lipinski definition) is 2. The highest BCUT2D eigenvalue weighted by Gasteiger charge is 2.56. The van der Waals surface area contributed by atoms with Gasteiger partial charge in [-0.1, -0.05) is 13.8 Å². The van der Waals surface area contributed by atoms with E-state index in [1.807, 2.05) is 0 Å². The van der Waals surface area contributed by atoms with Gasteiger partial charge in [0.1, 0.15) is 42.4 Å². The first kappa shape index (κ1) is 25.9. The van der Waals surface area contributed by atoms with E-state index in [2.05, 4.69) is 10.3 Å². The van der Waals surface area contributed by atoms with Crippen LogP contribution in [-0.4, -0.2) is 64.0 Å². The van der Waals surface area contributed by atoms with Crippen LogP contribution in [0.1, 0.15) is 54.7 Å². The van der Waals surface area contributed by atoms with E-state index in [9.17, 15) is 14.4 Å². The summed E-state index contributed by atoms with van der Waals surface area (Å²) >= 11 is 0. The summed E-state index contributed by atoms with van der Waals surface area (Å²) in [5, 5.41) is 2.56. The fourth-order valence-electron chi connectivity index (χ4n) is 3.82. The summed E-state index contributed by atoms with van der Waals surface area (Å²) in [7, 11) is 0. The second-order valence-electron chi connectivity index (χ2n) is 10.2. The summed E-state index contributed by atoms with van der Waals surface area (Å²) in [6, 6.07) is 0.549. The minimum Gasteiger partial charge on any atom is -0.461 e. The Morgan fingerprint density at radius 2 is 1.91 bits per heavy atom. The summed E-state index contributed by atoms with van der Waals surface area (Å²) in [5.41, 5.74) is 4.28. The number of ether oxygens (including phenoxy) is 5. The summed E-state index contributed by atoms with van der Waals surface area (Å²) in [6.07, 6.45) is -2.06. The second-order valence-corrected chi connectivity index (χ2v) is 10.2. The molecule has 3 heterocycles. The Morgan fingerprint density at radius 1 is 1.26 bits per heavy atom. The number of nitrogens with two attached hydrogens (primary N) is 1. The van der Waals surface area contributed by atoms with E-state index in [1.165, 1.54) is 16.8 Å². The third kappa shape index (κ3) is 6.05. The Morgan fingerprint density at radius 3 is 2.50 bits per heavy atom. The van der Waals surface area contributed by atoms with Crippen molar-refractivity contribution in [1.82, 2.24) is 14.9 Å². The lowest BCUT2D eigenvalue weighted by molar-refractivity contribution is -0.203. The number of hydrogen-bond acceptors (Lipinski definition) is 10. The maximum absolute atomic E-state index is 12.8. The van der Waals surface area contributed by atoms with E-state index in [-0.39, 0.29) is 18.3 Å². The number of carbonyl (C=O) groups excluding carboxylic acids is 2. The van der Waals surface area contributed by atoms with Gasteiger partial charge in [0.25, 0.3) is 0 Å². The third-order valence-electron chi connectivity index (χ3n) is 5.23. The van der Waals surface area contributed by atoms with E-state index < -0.39 is 59.7 Å². The number of alkyl carbamates (subject to hydrolysis) is 1. The molecule has 3 rings (SSSR count). The van der Waals surface area contributed by atoms with Gasteiger partial charge in [-0.25, -0.2) is 14.4 Å². The summed E-state index contributed by atoms with van der Waals surface area (Å²) in [6.45, 7) is 12.1. The number of nitrogen functional groups attached to an aromatic ring is 1. The first-order valence-corrected chi connectivity index (χ1v) is 11.2. The van der Waals surface area contributed by atoms with Gasteiger partial charge in [0.05, 0.1) is 0 Å². The minimum atomic E-state index is -0.927. The van der Waals surface area contributed by atoms with Crippen LogP contribution in [0.25, 0.3) is 0 Å². The zero-order valence-corrected chi connectivity index (χ0v) is 20.6. The van der Waals surface area contributed by atoms with Crippen LogP contribution in [0.3, 0.4) is 0 Å². The summed E-state index contributed by atoms with van der Waals surface area (Å²) in [4.78, 5) is 41.1. The van der Waals surface area contributed by atoms with Gasteiger partial charge in [-0.3, -0.25) is 4.57 Å². The fraction of sp³-hybridized carbons (Fsp3) is 0.727. The zero-order chi connectivity index (χ0) is 25.4. The number of rotatable bonds is 6. The molecule has 0 radical (unpaired) electrons. The molecule has 3 N–H and O–H groups in total. The van der Waals surface area contributed by atoms with Crippen LogP contribution in [0.4, 0.5) is 10.6 Å². The number of esters is 1. The van der Waals surface area contributed by atoms with Gasteiger partial charge in [-0.05, 0) is 46.6 Å². The number of fused-ring (bicyclic) bond motifs is 1. The van der Waals surface area contributed by atoms with Gasteiger partial charge >= 0.3 is 17.8 Å². The van der Waals surface area contributed by atoms with Crippen LogP contribution in [0.2, 0.25) is 0 Å². The van der Waals surface area contributed by atoms with Crippen molar-refractivity contribution in [3.05, 3.63) is 22.7 Å². The van der Waals surface area contributed by atoms with E-state index in [1.54, 1.807) is 48.5 Å². The van der Waals surface area contributed by atoms with Crippen molar-refractivity contribution < 1.29 is 33.3 Å². The zero-order valence-electron chi connectivity index (χ0n) is 20.6. The molecule has 0 aliphatic carbocycles. The lowest BCUT2D eigenvalue weighted by Crippen LogP contribution is -2.48. The van der Waals surface area contributed by atoms with Crippen molar-refractivity contribution in [3.8, 4) is 0 Å². The lowest BCUT2D eigenvalue weighted by atomic mass is 10.1. The first-order chi connectivity index (χ1) is 15.7. The molecular formula is C22H34N4O8. The molecule has 0 saturated carbocycles. The van der Waals surface area contributed by atoms with E-state index in [4.69, 9.17) is 29.4 Å². The smallest absolute Gasteiger partial charge is 0.408 e. The van der Waals surface area contributed by atoms with Gasteiger partial charge in [0.2, 0.25) is 0 Å². The van der Waals surface area contributed by atoms with E-state index in [0.717, 1.165) is 0 Å². The average molecular weight is 483 g/mol. The van der Waals surface area contributed by atoms with Crippen LogP contribution in [0.5, 0.6) is 0 Å². The highest BCUT2D eigenvalue weighted by atomic mass is 16.8. The van der Waals surface area contributed by atoms with Crippen molar-refractivity contribution in [2.24, 2.45) is 5.92 Å². The predicted octanol–water partition coefficient (Wildman–Crippen LogP) is 1.34. The normalized spacial score (nSPS) is 26.7. The van der Waals surface area contributed by atoms with Gasteiger partial charge in [0, 0.05) is 6.20 Å². The van der Waals surface area contributed by atoms with Gasteiger partial charge < -0.3 is 34.7 Å². The molecule has 34 heavy (non-hydrogen) atoms. The molecule has 2 fully saturated rings. The standard InChI is InChI=1S/C22H34N4O8/c1-11(2)14(25-20(29)34-21(3,4)5)18(27)30-10-12-15-16(33-22(6,7)32-15)17(31-12)26-9-8-13(23)24-19(26)28/h8-9,11-12,14-17H,10H2,1-7H3,(H,25,29)(H2,23,24,28)/t12-,14+,15-,16-,17-/m1/s1. The molecule has 5 atom stereocenters. The van der Waals surface area contributed by atoms with Crippen molar-refractivity contribution in [3.63, 3.8) is 0 Å². The van der Waals surface area contributed by atoms with Gasteiger partial charge in [-0.15, -0.1) is 0 Å². The molecule has 1 aromatic heterocycles. The number of amides is 1. The molecule has 0 bridgehead atoms. The van der Waals surface area contributed by atoms with Crippen molar-refractivity contribution in [2.45, 2.75) is 90.4 Å². The molecule has 1 aromatic rings. The molecule has 0 spiro atoms. The first-order valence-electron chi connectivity index (χ1n) is 11.2. The molecule has 2 aliphatic rings. The second kappa shape index (κ2) is 9.51. The van der Waals surface area contributed by atoms with Gasteiger partial charge in [-0.2, -0.15) is 4.98 Å². The molecule has 2 aliphatic heterocycles. The topological polar surface area (TPSA) is 153 Å². The fourth-order valence-corrected chi connectivity index (χ4v) is 3.82.